The Balaban J connectivity index is 1.70. The van der Waals surface area contributed by atoms with Crippen molar-refractivity contribution in [3.8, 4) is 0 Å². The van der Waals surface area contributed by atoms with E-state index < -0.39 is 0 Å². The van der Waals surface area contributed by atoms with Gasteiger partial charge in [-0.1, -0.05) is 26.7 Å². The first-order chi connectivity index (χ1) is 8.16. The lowest BCUT2D eigenvalue weighted by molar-refractivity contribution is 0.104. The van der Waals surface area contributed by atoms with E-state index in [4.69, 9.17) is 0 Å². The van der Waals surface area contributed by atoms with Crippen LogP contribution < -0.4 is 5.32 Å². The molecule has 100 valence electrons. The molecular formula is C15H29NO. The molecule has 0 aromatic rings. The minimum atomic E-state index is -0.0140. The highest BCUT2D eigenvalue weighted by atomic mass is 16.3. The summed E-state index contributed by atoms with van der Waals surface area (Å²) in [6.07, 6.45) is 8.61. The summed E-state index contributed by atoms with van der Waals surface area (Å²) in [5.74, 6) is 2.52. The van der Waals surface area contributed by atoms with Crippen LogP contribution in [-0.2, 0) is 0 Å². The topological polar surface area (TPSA) is 32.3 Å². The maximum absolute atomic E-state index is 9.50. The van der Waals surface area contributed by atoms with Crippen molar-refractivity contribution in [1.29, 1.82) is 0 Å². The molecule has 0 aromatic carbocycles. The Hall–Kier alpha value is -0.0800. The van der Waals surface area contributed by atoms with Gasteiger partial charge in [0.05, 0.1) is 6.10 Å². The van der Waals surface area contributed by atoms with E-state index in [9.17, 15) is 5.11 Å². The molecule has 2 aliphatic rings. The second-order valence-electron chi connectivity index (χ2n) is 6.46. The predicted molar refractivity (Wildman–Crippen MR) is 71.9 cm³/mol. The van der Waals surface area contributed by atoms with Gasteiger partial charge in [-0.25, -0.2) is 0 Å². The second kappa shape index (κ2) is 6.19. The van der Waals surface area contributed by atoms with Crippen molar-refractivity contribution in [3.05, 3.63) is 0 Å². The fraction of sp³-hybridized carbons (Fsp3) is 1.00. The fourth-order valence-electron chi connectivity index (χ4n) is 3.54. The number of aliphatic hydroxyl groups is 1. The van der Waals surface area contributed by atoms with E-state index in [0.717, 1.165) is 36.6 Å². The minimum Gasteiger partial charge on any atom is -0.393 e. The molecule has 17 heavy (non-hydrogen) atoms. The average molecular weight is 239 g/mol. The molecule has 0 bridgehead atoms. The third-order valence-electron chi connectivity index (χ3n) is 5.19. The molecule has 0 radical (unpaired) electrons. The lowest BCUT2D eigenvalue weighted by atomic mass is 9.77. The van der Waals surface area contributed by atoms with Gasteiger partial charge in [-0.2, -0.15) is 0 Å². The molecule has 2 saturated carbocycles. The number of hydrogen-bond acceptors (Lipinski definition) is 2. The minimum absolute atomic E-state index is 0.0140. The Morgan fingerprint density at radius 3 is 2.41 bits per heavy atom. The number of hydrogen-bond donors (Lipinski definition) is 2. The third kappa shape index (κ3) is 3.69. The maximum Gasteiger partial charge on any atom is 0.0540 e. The molecule has 2 heteroatoms. The van der Waals surface area contributed by atoms with Crippen LogP contribution in [0.3, 0.4) is 0 Å². The van der Waals surface area contributed by atoms with Crippen LogP contribution in [0.25, 0.3) is 0 Å². The summed E-state index contributed by atoms with van der Waals surface area (Å²) >= 11 is 0. The zero-order valence-electron chi connectivity index (χ0n) is 11.5. The van der Waals surface area contributed by atoms with Crippen LogP contribution in [0.15, 0.2) is 0 Å². The largest absolute Gasteiger partial charge is 0.393 e. The first-order valence-corrected chi connectivity index (χ1v) is 7.58. The van der Waals surface area contributed by atoms with Gasteiger partial charge in [-0.15, -0.1) is 0 Å². The van der Waals surface area contributed by atoms with Crippen LogP contribution in [-0.4, -0.2) is 23.8 Å². The van der Waals surface area contributed by atoms with E-state index in [-0.39, 0.29) is 6.10 Å². The summed E-state index contributed by atoms with van der Waals surface area (Å²) in [5, 5.41) is 13.3. The first kappa shape index (κ1) is 13.4. The molecule has 2 rings (SSSR count). The highest BCUT2D eigenvalue weighted by Crippen LogP contribution is 2.30. The lowest BCUT2D eigenvalue weighted by Gasteiger charge is -2.36. The summed E-state index contributed by atoms with van der Waals surface area (Å²) in [5.41, 5.74) is 0. The van der Waals surface area contributed by atoms with Gasteiger partial charge in [-0.05, 0) is 56.4 Å². The third-order valence-corrected chi connectivity index (χ3v) is 5.19. The quantitative estimate of drug-likeness (QED) is 0.793. The van der Waals surface area contributed by atoms with Crippen LogP contribution in [0.1, 0.15) is 58.8 Å². The molecule has 0 aliphatic heterocycles. The van der Waals surface area contributed by atoms with E-state index in [1.54, 1.807) is 0 Å². The van der Waals surface area contributed by atoms with Gasteiger partial charge in [0.2, 0.25) is 0 Å². The van der Waals surface area contributed by atoms with Crippen molar-refractivity contribution in [2.45, 2.75) is 70.9 Å². The van der Waals surface area contributed by atoms with Crippen molar-refractivity contribution in [2.75, 3.05) is 6.54 Å². The second-order valence-corrected chi connectivity index (χ2v) is 6.46. The van der Waals surface area contributed by atoms with Gasteiger partial charge < -0.3 is 10.4 Å². The zero-order chi connectivity index (χ0) is 12.3. The highest BCUT2D eigenvalue weighted by molar-refractivity contribution is 4.83. The van der Waals surface area contributed by atoms with Crippen molar-refractivity contribution in [3.63, 3.8) is 0 Å². The summed E-state index contributed by atoms with van der Waals surface area (Å²) in [6.45, 7) is 5.98. The van der Waals surface area contributed by atoms with Gasteiger partial charge >= 0.3 is 0 Å². The SMILES string of the molecule is CC1CCCC(NCC2CCC(O)CC2)C1C. The molecule has 3 atom stereocenters. The zero-order valence-corrected chi connectivity index (χ0v) is 11.5. The van der Waals surface area contributed by atoms with Crippen molar-refractivity contribution < 1.29 is 5.11 Å². The normalized spacial score (nSPS) is 43.6. The Morgan fingerprint density at radius 2 is 1.71 bits per heavy atom. The van der Waals surface area contributed by atoms with Gasteiger partial charge in [0.25, 0.3) is 0 Å². The van der Waals surface area contributed by atoms with Crippen LogP contribution >= 0.6 is 0 Å². The Bertz CT molecular complexity index is 223. The molecule has 2 fully saturated rings. The van der Waals surface area contributed by atoms with E-state index >= 15 is 0 Å². The molecule has 0 saturated heterocycles. The molecule has 0 spiro atoms. The van der Waals surface area contributed by atoms with E-state index in [1.165, 1.54) is 38.6 Å². The Morgan fingerprint density at radius 1 is 1.00 bits per heavy atom. The molecule has 0 amide bonds. The molecule has 0 aromatic heterocycles. The monoisotopic (exact) mass is 239 g/mol. The number of nitrogens with one attached hydrogen (secondary N) is 1. The molecule has 2 aliphatic carbocycles. The van der Waals surface area contributed by atoms with Crippen molar-refractivity contribution in [2.24, 2.45) is 17.8 Å². The van der Waals surface area contributed by atoms with Crippen LogP contribution in [0.2, 0.25) is 0 Å². The molecule has 2 nitrogen and oxygen atoms in total. The number of rotatable bonds is 3. The Kier molecular flexibility index (Phi) is 4.87. The average Bonchev–Trinajstić information content (AvgIpc) is 2.33. The molecule has 0 heterocycles. The number of aliphatic hydroxyl groups excluding tert-OH is 1. The summed E-state index contributed by atoms with van der Waals surface area (Å²) in [7, 11) is 0. The van der Waals surface area contributed by atoms with Gasteiger partial charge in [-0.3, -0.25) is 0 Å². The lowest BCUT2D eigenvalue weighted by Crippen LogP contribution is -2.43. The predicted octanol–water partition coefficient (Wildman–Crippen LogP) is 2.95. The highest BCUT2D eigenvalue weighted by Gasteiger charge is 2.27. The van der Waals surface area contributed by atoms with E-state index in [0.29, 0.717) is 0 Å². The summed E-state index contributed by atoms with van der Waals surface area (Å²) < 4.78 is 0. The molecule has 3 unspecified atom stereocenters. The maximum atomic E-state index is 9.50. The van der Waals surface area contributed by atoms with E-state index in [2.05, 4.69) is 19.2 Å². The van der Waals surface area contributed by atoms with Gasteiger partial charge in [0.1, 0.15) is 0 Å². The van der Waals surface area contributed by atoms with Crippen LogP contribution in [0.4, 0.5) is 0 Å². The van der Waals surface area contributed by atoms with Gasteiger partial charge in [0, 0.05) is 6.04 Å². The molecular weight excluding hydrogens is 210 g/mol. The standard InChI is InChI=1S/C15H29NO/c1-11-4-3-5-15(12(11)2)16-10-13-6-8-14(17)9-7-13/h11-17H,3-10H2,1-2H3. The van der Waals surface area contributed by atoms with Gasteiger partial charge in [0.15, 0.2) is 0 Å². The van der Waals surface area contributed by atoms with Crippen LogP contribution in [0, 0.1) is 17.8 Å². The van der Waals surface area contributed by atoms with Crippen LogP contribution in [0.5, 0.6) is 0 Å². The first-order valence-electron chi connectivity index (χ1n) is 7.58. The van der Waals surface area contributed by atoms with Crippen molar-refractivity contribution >= 4 is 0 Å². The summed E-state index contributed by atoms with van der Waals surface area (Å²) in [6, 6.07) is 0.741. The van der Waals surface area contributed by atoms with Crippen molar-refractivity contribution in [1.82, 2.24) is 5.32 Å². The summed E-state index contributed by atoms with van der Waals surface area (Å²) in [4.78, 5) is 0. The fourth-order valence-corrected chi connectivity index (χ4v) is 3.54. The smallest absolute Gasteiger partial charge is 0.0540 e. The molecule has 2 N–H and O–H groups in total. The Labute approximate surface area is 106 Å². The van der Waals surface area contributed by atoms with E-state index in [1.807, 2.05) is 0 Å².